The Hall–Kier alpha value is -1.34. The normalized spacial score (nSPS) is 14.3. The largest absolute Gasteiger partial charge is 0.480 e. The van der Waals surface area contributed by atoms with Crippen molar-refractivity contribution in [3.8, 4) is 0 Å². The van der Waals surface area contributed by atoms with Crippen molar-refractivity contribution in [1.29, 1.82) is 0 Å². The Morgan fingerprint density at radius 2 is 2.06 bits per heavy atom. The van der Waals surface area contributed by atoms with Gasteiger partial charge in [-0.3, -0.25) is 9.00 Å². The van der Waals surface area contributed by atoms with Gasteiger partial charge in [-0.1, -0.05) is 0 Å². The lowest BCUT2D eigenvalue weighted by Gasteiger charge is -2.11. The first kappa shape index (κ1) is 13.7. The third kappa shape index (κ3) is 3.31. The molecule has 0 spiro atoms. The van der Waals surface area contributed by atoms with Crippen molar-refractivity contribution in [3.05, 3.63) is 29.8 Å². The number of carboxylic acid groups (broad SMARTS) is 1. The van der Waals surface area contributed by atoms with E-state index in [4.69, 9.17) is 10.8 Å². The molecular formula is C10H11F2NO3S. The van der Waals surface area contributed by atoms with Gasteiger partial charge in [-0.2, -0.15) is 0 Å². The minimum Gasteiger partial charge on any atom is -0.480 e. The van der Waals surface area contributed by atoms with Crippen LogP contribution in [0.15, 0.2) is 23.1 Å². The fraction of sp³-hybridized carbons (Fsp3) is 0.300. The first-order chi connectivity index (χ1) is 7.97. The summed E-state index contributed by atoms with van der Waals surface area (Å²) in [6, 6.07) is 2.64. The van der Waals surface area contributed by atoms with Gasteiger partial charge < -0.3 is 10.8 Å². The molecule has 0 saturated heterocycles. The van der Waals surface area contributed by atoms with E-state index in [1.807, 2.05) is 0 Å². The van der Waals surface area contributed by atoms with Gasteiger partial charge in [-0.05, 0) is 31.2 Å². The molecule has 0 fully saturated rings. The SMILES string of the molecule is NCCC(C(=O)O)S(=O)c1ccc(F)c(F)c1. The van der Waals surface area contributed by atoms with Gasteiger partial charge in [0.25, 0.3) is 0 Å². The zero-order chi connectivity index (χ0) is 13.0. The van der Waals surface area contributed by atoms with E-state index < -0.39 is 33.7 Å². The van der Waals surface area contributed by atoms with Gasteiger partial charge in [0.15, 0.2) is 11.6 Å². The van der Waals surface area contributed by atoms with Crippen LogP contribution in [0.2, 0.25) is 0 Å². The Morgan fingerprint density at radius 1 is 1.41 bits per heavy atom. The van der Waals surface area contributed by atoms with Crippen LogP contribution in [0.25, 0.3) is 0 Å². The summed E-state index contributed by atoms with van der Waals surface area (Å²) in [6.07, 6.45) is 0.000932. The number of nitrogens with two attached hydrogens (primary N) is 1. The van der Waals surface area contributed by atoms with Crippen molar-refractivity contribution >= 4 is 16.8 Å². The standard InChI is InChI=1S/C10H11F2NO3S/c11-7-2-1-6(5-8(7)12)17(16)9(3-4-13)10(14)15/h1-2,5,9H,3-4,13H2,(H,14,15). The van der Waals surface area contributed by atoms with Gasteiger partial charge >= 0.3 is 5.97 Å². The lowest BCUT2D eigenvalue weighted by Crippen LogP contribution is -2.28. The molecule has 7 heteroatoms. The maximum atomic E-state index is 12.9. The zero-order valence-electron chi connectivity index (χ0n) is 8.73. The Morgan fingerprint density at radius 3 is 2.53 bits per heavy atom. The molecule has 0 aromatic heterocycles. The van der Waals surface area contributed by atoms with Crippen molar-refractivity contribution in [3.63, 3.8) is 0 Å². The summed E-state index contributed by atoms with van der Waals surface area (Å²) in [6.45, 7) is 0.0480. The van der Waals surface area contributed by atoms with E-state index >= 15 is 0 Å². The van der Waals surface area contributed by atoms with Crippen LogP contribution in [0.4, 0.5) is 8.78 Å². The number of rotatable bonds is 5. The second-order valence-electron chi connectivity index (χ2n) is 3.28. The van der Waals surface area contributed by atoms with E-state index in [2.05, 4.69) is 0 Å². The average molecular weight is 263 g/mol. The molecule has 1 rings (SSSR count). The average Bonchev–Trinajstić information content (AvgIpc) is 2.28. The van der Waals surface area contributed by atoms with Crippen LogP contribution in [0, 0.1) is 11.6 Å². The summed E-state index contributed by atoms with van der Waals surface area (Å²) >= 11 is 0. The molecule has 0 aliphatic rings. The van der Waals surface area contributed by atoms with Crippen molar-refractivity contribution in [2.24, 2.45) is 5.73 Å². The van der Waals surface area contributed by atoms with Gasteiger partial charge in [0.05, 0.1) is 10.8 Å². The Labute approximate surface area is 98.9 Å². The highest BCUT2D eigenvalue weighted by Crippen LogP contribution is 2.17. The Kier molecular flexibility index (Phi) is 4.71. The van der Waals surface area contributed by atoms with Gasteiger partial charge in [-0.25, -0.2) is 8.78 Å². The number of benzene rings is 1. The first-order valence-electron chi connectivity index (χ1n) is 4.76. The zero-order valence-corrected chi connectivity index (χ0v) is 9.55. The number of hydrogen-bond donors (Lipinski definition) is 2. The van der Waals surface area contributed by atoms with Gasteiger partial charge in [0, 0.05) is 4.90 Å². The summed E-state index contributed by atoms with van der Waals surface area (Å²) in [5.74, 6) is -3.51. The van der Waals surface area contributed by atoms with Crippen LogP contribution in [0.5, 0.6) is 0 Å². The summed E-state index contributed by atoms with van der Waals surface area (Å²) in [7, 11) is -1.96. The maximum absolute atomic E-state index is 12.9. The van der Waals surface area contributed by atoms with E-state index in [0.717, 1.165) is 18.2 Å². The van der Waals surface area contributed by atoms with Crippen molar-refractivity contribution in [2.75, 3.05) is 6.54 Å². The monoisotopic (exact) mass is 263 g/mol. The smallest absolute Gasteiger partial charge is 0.319 e. The molecule has 0 radical (unpaired) electrons. The van der Waals surface area contributed by atoms with Gasteiger partial charge in [-0.15, -0.1) is 0 Å². The third-order valence-electron chi connectivity index (χ3n) is 2.09. The lowest BCUT2D eigenvalue weighted by atomic mass is 10.3. The molecule has 2 unspecified atom stereocenters. The fourth-order valence-electron chi connectivity index (χ4n) is 1.24. The number of carboxylic acids is 1. The molecular weight excluding hydrogens is 252 g/mol. The summed E-state index contributed by atoms with van der Waals surface area (Å²) < 4.78 is 37.4. The molecule has 94 valence electrons. The highest BCUT2D eigenvalue weighted by molar-refractivity contribution is 7.86. The number of hydrogen-bond acceptors (Lipinski definition) is 3. The van der Waals surface area contributed by atoms with E-state index in [0.29, 0.717) is 0 Å². The van der Waals surface area contributed by atoms with Gasteiger partial charge in [0.2, 0.25) is 0 Å². The van der Waals surface area contributed by atoms with Crippen LogP contribution in [0.3, 0.4) is 0 Å². The van der Waals surface area contributed by atoms with Crippen LogP contribution in [0.1, 0.15) is 6.42 Å². The van der Waals surface area contributed by atoms with Crippen LogP contribution in [-0.4, -0.2) is 27.1 Å². The lowest BCUT2D eigenvalue weighted by molar-refractivity contribution is -0.136. The predicted octanol–water partition coefficient (Wildman–Crippen LogP) is 0.874. The molecule has 0 bridgehead atoms. The number of aliphatic carboxylic acids is 1. The van der Waals surface area contributed by atoms with E-state index in [1.54, 1.807) is 0 Å². The summed E-state index contributed by atoms with van der Waals surface area (Å²) in [5.41, 5.74) is 5.21. The quantitative estimate of drug-likeness (QED) is 0.826. The Bertz CT molecular complexity index is 453. The van der Waals surface area contributed by atoms with Crippen molar-refractivity contribution in [1.82, 2.24) is 0 Å². The molecule has 0 heterocycles. The molecule has 1 aromatic rings. The molecule has 0 aliphatic carbocycles. The summed E-state index contributed by atoms with van der Waals surface area (Å²) in [5, 5.41) is 7.63. The molecule has 4 nitrogen and oxygen atoms in total. The molecule has 0 aliphatic heterocycles. The molecule has 3 N–H and O–H groups in total. The predicted molar refractivity (Wildman–Crippen MR) is 57.9 cm³/mol. The van der Waals surface area contributed by atoms with Crippen molar-refractivity contribution in [2.45, 2.75) is 16.6 Å². The molecule has 0 amide bonds. The van der Waals surface area contributed by atoms with Crippen LogP contribution in [-0.2, 0) is 15.6 Å². The highest BCUT2D eigenvalue weighted by Gasteiger charge is 2.25. The number of carbonyl (C=O) groups is 1. The number of halogens is 2. The van der Waals surface area contributed by atoms with Crippen LogP contribution < -0.4 is 5.73 Å². The van der Waals surface area contributed by atoms with E-state index in [9.17, 15) is 17.8 Å². The second kappa shape index (κ2) is 5.83. The maximum Gasteiger partial charge on any atom is 0.319 e. The van der Waals surface area contributed by atoms with E-state index in [-0.39, 0.29) is 17.9 Å². The summed E-state index contributed by atoms with van der Waals surface area (Å²) in [4.78, 5) is 10.8. The second-order valence-corrected chi connectivity index (χ2v) is 4.91. The minimum atomic E-state index is -1.96. The first-order valence-corrected chi connectivity index (χ1v) is 5.97. The van der Waals surface area contributed by atoms with Crippen LogP contribution >= 0.6 is 0 Å². The topological polar surface area (TPSA) is 80.4 Å². The fourth-order valence-corrected chi connectivity index (χ4v) is 2.52. The van der Waals surface area contributed by atoms with E-state index in [1.165, 1.54) is 0 Å². The minimum absolute atomic E-state index is 0.000932. The van der Waals surface area contributed by atoms with Gasteiger partial charge in [0.1, 0.15) is 5.25 Å². The third-order valence-corrected chi connectivity index (χ3v) is 3.76. The molecule has 0 saturated carbocycles. The molecule has 2 atom stereocenters. The molecule has 17 heavy (non-hydrogen) atoms. The molecule has 1 aromatic carbocycles. The highest BCUT2D eigenvalue weighted by atomic mass is 32.2. The van der Waals surface area contributed by atoms with Crippen molar-refractivity contribution < 1.29 is 22.9 Å². The Balaban J connectivity index is 3.01.